The average Bonchev–Trinajstić information content (AvgIpc) is 2.49. The van der Waals surface area contributed by atoms with Gasteiger partial charge in [0.2, 0.25) is 0 Å². The molecule has 0 bridgehead atoms. The summed E-state index contributed by atoms with van der Waals surface area (Å²) < 4.78 is 5.78. The van der Waals surface area contributed by atoms with Gasteiger partial charge >= 0.3 is 5.97 Å². The van der Waals surface area contributed by atoms with Crippen LogP contribution in [0.1, 0.15) is 44.2 Å². The van der Waals surface area contributed by atoms with Crippen molar-refractivity contribution >= 4 is 5.97 Å². The number of phenolic OH excluding ortho intramolecular Hbond substituents is 1. The Hall–Kier alpha value is -1.59. The monoisotopic (exact) mass is 307 g/mol. The van der Waals surface area contributed by atoms with Crippen molar-refractivity contribution in [3.05, 3.63) is 29.3 Å². The molecule has 0 fully saturated rings. The van der Waals surface area contributed by atoms with Crippen LogP contribution in [-0.2, 0) is 21.4 Å². The molecule has 2 atom stereocenters. The Balaban J connectivity index is 2.32. The second-order valence-corrected chi connectivity index (χ2v) is 5.99. The van der Waals surface area contributed by atoms with E-state index < -0.39 is 5.97 Å². The van der Waals surface area contributed by atoms with Crippen molar-refractivity contribution < 1.29 is 19.7 Å². The maximum Gasteiger partial charge on any atom is 0.305 e. The smallest absolute Gasteiger partial charge is 0.305 e. The van der Waals surface area contributed by atoms with E-state index in [0.29, 0.717) is 6.42 Å². The van der Waals surface area contributed by atoms with E-state index in [2.05, 4.69) is 13.8 Å². The summed E-state index contributed by atoms with van der Waals surface area (Å²) >= 11 is 0. The van der Waals surface area contributed by atoms with Crippen molar-refractivity contribution in [2.45, 2.75) is 57.1 Å². The normalized spacial score (nSPS) is 23.0. The molecule has 0 radical (unpaired) electrons. The second kappa shape index (κ2) is 6.67. The van der Waals surface area contributed by atoms with Gasteiger partial charge < -0.3 is 20.7 Å². The molecule has 0 amide bonds. The summed E-state index contributed by atoms with van der Waals surface area (Å²) in [5.74, 6) is -0.616. The first-order valence-electron chi connectivity index (χ1n) is 7.86. The number of carboxylic acids is 1. The molecular formula is C17H25NO4. The van der Waals surface area contributed by atoms with E-state index in [-0.39, 0.29) is 36.3 Å². The first-order chi connectivity index (χ1) is 10.4. The van der Waals surface area contributed by atoms with Crippen molar-refractivity contribution in [3.8, 4) is 5.75 Å². The Morgan fingerprint density at radius 3 is 2.68 bits per heavy atom. The van der Waals surface area contributed by atoms with Gasteiger partial charge in [-0.15, -0.1) is 0 Å². The molecule has 122 valence electrons. The highest BCUT2D eigenvalue weighted by Gasteiger charge is 2.45. The fraction of sp³-hybridized carbons (Fsp3) is 0.588. The lowest BCUT2D eigenvalue weighted by Crippen LogP contribution is -2.57. The highest BCUT2D eigenvalue weighted by Crippen LogP contribution is 2.43. The molecule has 0 aromatic heterocycles. The Morgan fingerprint density at radius 2 is 2.09 bits per heavy atom. The Morgan fingerprint density at radius 1 is 1.41 bits per heavy atom. The van der Waals surface area contributed by atoms with Crippen LogP contribution >= 0.6 is 0 Å². The molecule has 0 saturated heterocycles. The third-order valence-electron chi connectivity index (χ3n) is 5.00. The minimum absolute atomic E-state index is 0.0170. The SMILES string of the molecule is CCC1(CC)c2cc(O)ccc2C[C@@H](OCCC(=O)O)[C@@H]1N. The highest BCUT2D eigenvalue weighted by atomic mass is 16.5. The lowest BCUT2D eigenvalue weighted by atomic mass is 9.63. The van der Waals surface area contributed by atoms with E-state index in [1.54, 1.807) is 6.07 Å². The summed E-state index contributed by atoms with van der Waals surface area (Å²) in [4.78, 5) is 10.7. The Kier molecular flexibility index (Phi) is 5.08. The molecule has 2 rings (SSSR count). The van der Waals surface area contributed by atoms with E-state index in [0.717, 1.165) is 24.0 Å². The minimum atomic E-state index is -0.869. The number of hydrogen-bond donors (Lipinski definition) is 3. The van der Waals surface area contributed by atoms with E-state index in [1.807, 2.05) is 12.1 Å². The van der Waals surface area contributed by atoms with Crippen molar-refractivity contribution in [2.24, 2.45) is 5.73 Å². The molecule has 0 spiro atoms. The summed E-state index contributed by atoms with van der Waals surface area (Å²) in [6.07, 6.45) is 2.13. The van der Waals surface area contributed by atoms with Gasteiger partial charge in [-0.05, 0) is 36.1 Å². The first kappa shape index (κ1) is 16.8. The van der Waals surface area contributed by atoms with Gasteiger partial charge in [-0.2, -0.15) is 0 Å². The zero-order chi connectivity index (χ0) is 16.3. The molecule has 5 nitrogen and oxygen atoms in total. The number of hydrogen-bond acceptors (Lipinski definition) is 4. The summed E-state index contributed by atoms with van der Waals surface area (Å²) in [6, 6.07) is 5.20. The van der Waals surface area contributed by atoms with Gasteiger partial charge in [0.05, 0.1) is 19.1 Å². The molecule has 0 saturated carbocycles. The minimum Gasteiger partial charge on any atom is -0.508 e. The lowest BCUT2D eigenvalue weighted by molar-refractivity contribution is -0.139. The summed E-state index contributed by atoms with van der Waals surface area (Å²) in [7, 11) is 0. The van der Waals surface area contributed by atoms with Crippen LogP contribution in [0, 0.1) is 0 Å². The quantitative estimate of drug-likeness (QED) is 0.749. The third-order valence-corrected chi connectivity index (χ3v) is 5.00. The number of carboxylic acid groups (broad SMARTS) is 1. The maximum absolute atomic E-state index is 10.7. The van der Waals surface area contributed by atoms with E-state index in [9.17, 15) is 9.90 Å². The second-order valence-electron chi connectivity index (χ2n) is 5.99. The van der Waals surface area contributed by atoms with Gasteiger partial charge in [-0.3, -0.25) is 4.79 Å². The van der Waals surface area contributed by atoms with Crippen LogP contribution in [-0.4, -0.2) is 34.9 Å². The van der Waals surface area contributed by atoms with Crippen molar-refractivity contribution in [1.29, 1.82) is 0 Å². The standard InChI is InChI=1S/C17H25NO4/c1-3-17(4-2)13-10-12(19)6-5-11(13)9-14(16(17)18)22-8-7-15(20)21/h5-6,10,14,16,19H,3-4,7-9,18H2,1-2H3,(H,20,21)/t14-,16+/m1/s1. The van der Waals surface area contributed by atoms with Gasteiger partial charge in [0, 0.05) is 17.9 Å². The molecular weight excluding hydrogens is 282 g/mol. The highest BCUT2D eigenvalue weighted by molar-refractivity contribution is 5.66. The number of carbonyl (C=O) groups is 1. The molecule has 5 heteroatoms. The molecule has 4 N–H and O–H groups in total. The maximum atomic E-state index is 10.7. The van der Waals surface area contributed by atoms with Crippen LogP contribution in [0.4, 0.5) is 0 Å². The number of rotatable bonds is 6. The van der Waals surface area contributed by atoms with Crippen molar-refractivity contribution in [2.75, 3.05) is 6.61 Å². The van der Waals surface area contributed by atoms with Crippen molar-refractivity contribution in [1.82, 2.24) is 0 Å². The lowest BCUT2D eigenvalue weighted by Gasteiger charge is -2.47. The molecule has 0 heterocycles. The van der Waals surface area contributed by atoms with E-state index in [4.69, 9.17) is 15.6 Å². The predicted octanol–water partition coefficient (Wildman–Crippen LogP) is 2.19. The van der Waals surface area contributed by atoms with Gasteiger partial charge in [-0.25, -0.2) is 0 Å². The van der Waals surface area contributed by atoms with Crippen LogP contribution < -0.4 is 5.73 Å². The first-order valence-corrected chi connectivity index (χ1v) is 7.86. The number of ether oxygens (including phenoxy) is 1. The molecule has 1 aliphatic rings. The van der Waals surface area contributed by atoms with Crippen LogP contribution in [0.2, 0.25) is 0 Å². The molecule has 22 heavy (non-hydrogen) atoms. The van der Waals surface area contributed by atoms with Crippen LogP contribution in [0.15, 0.2) is 18.2 Å². The van der Waals surface area contributed by atoms with Gasteiger partial charge in [0.15, 0.2) is 0 Å². The van der Waals surface area contributed by atoms with Gasteiger partial charge in [0.25, 0.3) is 0 Å². The average molecular weight is 307 g/mol. The number of aliphatic carboxylic acids is 1. The summed E-state index contributed by atoms with van der Waals surface area (Å²) in [5, 5.41) is 18.6. The fourth-order valence-corrected chi connectivity index (χ4v) is 3.65. The summed E-state index contributed by atoms with van der Waals surface area (Å²) in [5.41, 5.74) is 8.49. The topological polar surface area (TPSA) is 92.8 Å². The molecule has 1 aliphatic carbocycles. The Labute approximate surface area is 131 Å². The van der Waals surface area contributed by atoms with Crippen molar-refractivity contribution in [3.63, 3.8) is 0 Å². The number of nitrogens with two attached hydrogens (primary N) is 1. The number of phenols is 1. The number of aromatic hydroxyl groups is 1. The molecule has 1 aromatic carbocycles. The largest absolute Gasteiger partial charge is 0.508 e. The number of benzene rings is 1. The van der Waals surface area contributed by atoms with Crippen LogP contribution in [0.5, 0.6) is 5.75 Å². The zero-order valence-electron chi connectivity index (χ0n) is 13.2. The van der Waals surface area contributed by atoms with Crippen LogP contribution in [0.3, 0.4) is 0 Å². The van der Waals surface area contributed by atoms with Gasteiger partial charge in [-0.1, -0.05) is 19.9 Å². The zero-order valence-corrected chi connectivity index (χ0v) is 13.2. The Bertz CT molecular complexity index is 539. The molecule has 0 aliphatic heterocycles. The number of fused-ring (bicyclic) bond motifs is 1. The summed E-state index contributed by atoms with van der Waals surface area (Å²) in [6.45, 7) is 4.36. The predicted molar refractivity (Wildman–Crippen MR) is 84.0 cm³/mol. The third kappa shape index (κ3) is 2.96. The molecule has 0 unspecified atom stereocenters. The van der Waals surface area contributed by atoms with E-state index in [1.165, 1.54) is 0 Å². The molecule has 1 aromatic rings. The fourth-order valence-electron chi connectivity index (χ4n) is 3.65. The van der Waals surface area contributed by atoms with E-state index >= 15 is 0 Å². The van der Waals surface area contributed by atoms with Crippen LogP contribution in [0.25, 0.3) is 0 Å². The van der Waals surface area contributed by atoms with Gasteiger partial charge in [0.1, 0.15) is 5.75 Å².